The van der Waals surface area contributed by atoms with E-state index in [-0.39, 0.29) is 11.6 Å². The predicted octanol–water partition coefficient (Wildman–Crippen LogP) is -0.123. The summed E-state index contributed by atoms with van der Waals surface area (Å²) in [6.45, 7) is 0. The molecule has 0 spiro atoms. The van der Waals surface area contributed by atoms with Gasteiger partial charge in [0.05, 0.1) is 0 Å². The Hall–Kier alpha value is -2.30. The van der Waals surface area contributed by atoms with Gasteiger partial charge in [-0.1, -0.05) is 0 Å². The van der Waals surface area contributed by atoms with Gasteiger partial charge in [0.25, 0.3) is 0 Å². The van der Waals surface area contributed by atoms with Crippen LogP contribution in [0.15, 0.2) is 36.5 Å². The summed E-state index contributed by atoms with van der Waals surface area (Å²) < 4.78 is 3.97. The lowest BCUT2D eigenvalue weighted by atomic mass is 10.2. The number of ether oxygens (including phenoxy) is 1. The van der Waals surface area contributed by atoms with E-state index in [0.717, 1.165) is 12.2 Å². The molecule has 0 saturated heterocycles. The van der Waals surface area contributed by atoms with Crippen LogP contribution in [0, 0.1) is 0 Å². The number of carbonyl (C=O) groups excluding carboxylic acids is 4. The van der Waals surface area contributed by atoms with Gasteiger partial charge in [-0.3, -0.25) is 9.59 Å². The molecular formula is C10H6O5. The Morgan fingerprint density at radius 3 is 1.13 bits per heavy atom. The van der Waals surface area contributed by atoms with Gasteiger partial charge >= 0.3 is 11.9 Å². The fourth-order valence-electron chi connectivity index (χ4n) is 0.743. The zero-order chi connectivity index (χ0) is 11.3. The van der Waals surface area contributed by atoms with Crippen molar-refractivity contribution < 1.29 is 23.9 Å². The molecule has 0 amide bonds. The fourth-order valence-corrected chi connectivity index (χ4v) is 0.743. The summed E-state index contributed by atoms with van der Waals surface area (Å²) in [5, 5.41) is 0. The van der Waals surface area contributed by atoms with Crippen LogP contribution in [0.4, 0.5) is 0 Å². The molecule has 0 bridgehead atoms. The van der Waals surface area contributed by atoms with Crippen LogP contribution in [0.3, 0.4) is 0 Å². The summed E-state index contributed by atoms with van der Waals surface area (Å²) in [5.74, 6) is -1.40. The van der Waals surface area contributed by atoms with E-state index in [1.54, 1.807) is 0 Å². The minimum Gasteiger partial charge on any atom is -0.387 e. The highest BCUT2D eigenvalue weighted by molar-refractivity contribution is 6.14. The van der Waals surface area contributed by atoms with Gasteiger partial charge in [0, 0.05) is 12.2 Å². The summed E-state index contributed by atoms with van der Waals surface area (Å²) in [4.78, 5) is 40.4. The third-order valence-electron chi connectivity index (χ3n) is 1.38. The molecule has 2 aliphatic rings. The lowest BCUT2D eigenvalue weighted by Gasteiger charge is -1.87. The Morgan fingerprint density at radius 2 is 0.933 bits per heavy atom. The monoisotopic (exact) mass is 206 g/mol. The van der Waals surface area contributed by atoms with Gasteiger partial charge in [-0.2, -0.15) is 0 Å². The maximum absolute atomic E-state index is 10.3. The maximum atomic E-state index is 10.3. The minimum atomic E-state index is -0.579. The summed E-state index contributed by atoms with van der Waals surface area (Å²) in [6.07, 6.45) is 7.18. The van der Waals surface area contributed by atoms with Crippen LogP contribution < -0.4 is 0 Å². The quantitative estimate of drug-likeness (QED) is 0.313. The highest BCUT2D eigenvalue weighted by Crippen LogP contribution is 1.92. The molecule has 2 rings (SSSR count). The fraction of sp³-hybridized carbons (Fsp3) is 0. The van der Waals surface area contributed by atoms with Crippen LogP contribution in [-0.2, 0) is 23.9 Å². The van der Waals surface area contributed by atoms with Crippen LogP contribution in [0.2, 0.25) is 0 Å². The largest absolute Gasteiger partial charge is 0.387 e. The molecule has 0 aromatic rings. The lowest BCUT2D eigenvalue weighted by molar-refractivity contribution is -0.150. The van der Waals surface area contributed by atoms with E-state index in [1.807, 2.05) is 0 Å². The number of hydrogen-bond acceptors (Lipinski definition) is 5. The van der Waals surface area contributed by atoms with E-state index in [0.29, 0.717) is 0 Å². The van der Waals surface area contributed by atoms with Crippen molar-refractivity contribution in [3.8, 4) is 0 Å². The second-order valence-corrected chi connectivity index (χ2v) is 2.54. The van der Waals surface area contributed by atoms with Crippen LogP contribution >= 0.6 is 0 Å². The number of allylic oxidation sites excluding steroid dienone is 4. The number of rotatable bonds is 0. The van der Waals surface area contributed by atoms with Crippen molar-refractivity contribution in [2.24, 2.45) is 0 Å². The molecule has 1 aliphatic heterocycles. The van der Waals surface area contributed by atoms with Crippen LogP contribution in [0.25, 0.3) is 0 Å². The van der Waals surface area contributed by atoms with Gasteiger partial charge in [-0.25, -0.2) is 9.59 Å². The van der Waals surface area contributed by atoms with E-state index in [1.165, 1.54) is 24.3 Å². The molecule has 0 fully saturated rings. The van der Waals surface area contributed by atoms with Crippen molar-refractivity contribution in [1.82, 2.24) is 0 Å². The molecule has 1 aliphatic carbocycles. The molecule has 0 aromatic heterocycles. The third kappa shape index (κ3) is 3.95. The molecule has 0 unspecified atom stereocenters. The summed E-state index contributed by atoms with van der Waals surface area (Å²) in [5.41, 5.74) is 0. The second kappa shape index (κ2) is 4.80. The van der Waals surface area contributed by atoms with E-state index >= 15 is 0 Å². The summed E-state index contributed by atoms with van der Waals surface area (Å²) in [7, 11) is 0. The van der Waals surface area contributed by atoms with Crippen LogP contribution in [-0.4, -0.2) is 23.5 Å². The minimum absolute atomic E-state index is 0.121. The van der Waals surface area contributed by atoms with Crippen molar-refractivity contribution in [3.05, 3.63) is 36.5 Å². The maximum Gasteiger partial charge on any atom is 0.338 e. The average molecular weight is 206 g/mol. The molecule has 5 nitrogen and oxygen atoms in total. The number of carbonyl (C=O) groups is 4. The summed E-state index contributed by atoms with van der Waals surface area (Å²) >= 11 is 0. The zero-order valence-corrected chi connectivity index (χ0v) is 7.51. The standard InChI is InChI=1S/C6H4O2.C4H2O3/c7-5-1-2-6(8)4-3-5;5-3-1-2-4(6)7-3/h1-4H;1-2H. The third-order valence-corrected chi connectivity index (χ3v) is 1.38. The summed E-state index contributed by atoms with van der Waals surface area (Å²) in [6, 6.07) is 0. The van der Waals surface area contributed by atoms with Gasteiger partial charge in [0.15, 0.2) is 11.6 Å². The van der Waals surface area contributed by atoms with Crippen molar-refractivity contribution >= 4 is 23.5 Å². The Balaban J connectivity index is 0.000000151. The SMILES string of the molecule is O=C1C=CC(=O)C=C1.O=C1C=CC(=O)O1. The number of ketones is 2. The number of hydrogen-bond donors (Lipinski definition) is 0. The second-order valence-electron chi connectivity index (χ2n) is 2.54. The molecule has 1 heterocycles. The first kappa shape index (κ1) is 10.8. The van der Waals surface area contributed by atoms with Gasteiger partial charge < -0.3 is 4.74 Å². The van der Waals surface area contributed by atoms with E-state index in [4.69, 9.17) is 0 Å². The van der Waals surface area contributed by atoms with Gasteiger partial charge in [0.2, 0.25) is 0 Å². The first-order valence-electron chi connectivity index (χ1n) is 3.96. The van der Waals surface area contributed by atoms with E-state index in [2.05, 4.69) is 4.74 Å². The topological polar surface area (TPSA) is 77.5 Å². The molecule has 0 aromatic carbocycles. The molecule has 76 valence electrons. The van der Waals surface area contributed by atoms with E-state index < -0.39 is 11.9 Å². The Bertz CT molecular complexity index is 358. The van der Waals surface area contributed by atoms with Crippen molar-refractivity contribution in [2.75, 3.05) is 0 Å². The molecule has 5 heteroatoms. The predicted molar refractivity (Wildman–Crippen MR) is 48.5 cm³/mol. The number of cyclic esters (lactones) is 2. The Labute approximate surface area is 84.7 Å². The van der Waals surface area contributed by atoms with Gasteiger partial charge in [-0.15, -0.1) is 0 Å². The first-order chi connectivity index (χ1) is 7.08. The molecule has 0 N–H and O–H groups in total. The van der Waals surface area contributed by atoms with E-state index in [9.17, 15) is 19.2 Å². The molecule has 0 atom stereocenters. The van der Waals surface area contributed by atoms with Crippen molar-refractivity contribution in [3.63, 3.8) is 0 Å². The smallest absolute Gasteiger partial charge is 0.338 e. The average Bonchev–Trinajstić information content (AvgIpc) is 2.56. The van der Waals surface area contributed by atoms with Gasteiger partial charge in [0.1, 0.15) is 0 Å². The Kier molecular flexibility index (Phi) is 3.45. The lowest BCUT2D eigenvalue weighted by Crippen LogP contribution is -1.97. The van der Waals surface area contributed by atoms with Gasteiger partial charge in [-0.05, 0) is 24.3 Å². The zero-order valence-electron chi connectivity index (χ0n) is 7.51. The van der Waals surface area contributed by atoms with Crippen LogP contribution in [0.5, 0.6) is 0 Å². The Morgan fingerprint density at radius 1 is 0.600 bits per heavy atom. The molecular weight excluding hydrogens is 200 g/mol. The highest BCUT2D eigenvalue weighted by Gasteiger charge is 2.10. The van der Waals surface area contributed by atoms with Crippen molar-refractivity contribution in [2.45, 2.75) is 0 Å². The molecule has 15 heavy (non-hydrogen) atoms. The normalized spacial score (nSPS) is 17.6. The van der Waals surface area contributed by atoms with Crippen LogP contribution in [0.1, 0.15) is 0 Å². The molecule has 0 radical (unpaired) electrons. The molecule has 0 saturated carbocycles. The first-order valence-corrected chi connectivity index (χ1v) is 3.96. The highest BCUT2D eigenvalue weighted by atomic mass is 16.6. The number of esters is 2. The van der Waals surface area contributed by atoms with Crippen molar-refractivity contribution in [1.29, 1.82) is 0 Å².